The minimum Gasteiger partial charge on any atom is -0.478 e. The Morgan fingerprint density at radius 1 is 1.42 bits per heavy atom. The number of ether oxygens (including phenoxy) is 1. The number of aromatic carboxylic acids is 1. The Morgan fingerprint density at radius 2 is 2.21 bits per heavy atom. The third-order valence-corrected chi connectivity index (χ3v) is 3.30. The molecule has 1 amide bonds. The maximum atomic E-state index is 11.9. The van der Waals surface area contributed by atoms with E-state index in [0.717, 1.165) is 19.3 Å². The largest absolute Gasteiger partial charge is 0.478 e. The summed E-state index contributed by atoms with van der Waals surface area (Å²) in [6.07, 6.45) is 4.01. The molecule has 1 aliphatic carbocycles. The molecule has 6 nitrogen and oxygen atoms in total. The smallest absolute Gasteiger partial charge is 0.337 e. The predicted molar refractivity (Wildman–Crippen MR) is 67.1 cm³/mol. The highest BCUT2D eigenvalue weighted by atomic mass is 16.5. The van der Waals surface area contributed by atoms with Gasteiger partial charge in [-0.3, -0.25) is 9.78 Å². The zero-order chi connectivity index (χ0) is 13.8. The number of aromatic nitrogens is 1. The molecule has 2 unspecified atom stereocenters. The Morgan fingerprint density at radius 3 is 2.74 bits per heavy atom. The summed E-state index contributed by atoms with van der Waals surface area (Å²) in [5.74, 6) is -1.34. The highest BCUT2D eigenvalue weighted by Crippen LogP contribution is 2.21. The van der Waals surface area contributed by atoms with Crippen molar-refractivity contribution >= 4 is 11.9 Å². The molecule has 1 aromatic rings. The monoisotopic (exact) mass is 264 g/mol. The lowest BCUT2D eigenvalue weighted by Crippen LogP contribution is -2.33. The molecule has 1 saturated carbocycles. The van der Waals surface area contributed by atoms with Gasteiger partial charge in [-0.05, 0) is 31.4 Å². The maximum Gasteiger partial charge on any atom is 0.337 e. The van der Waals surface area contributed by atoms with Crippen molar-refractivity contribution in [2.24, 2.45) is 0 Å². The molecule has 2 atom stereocenters. The van der Waals surface area contributed by atoms with Gasteiger partial charge in [0.2, 0.25) is 0 Å². The summed E-state index contributed by atoms with van der Waals surface area (Å²) in [5, 5.41) is 11.6. The average Bonchev–Trinajstić information content (AvgIpc) is 2.86. The van der Waals surface area contributed by atoms with Crippen LogP contribution in [-0.2, 0) is 4.74 Å². The first kappa shape index (κ1) is 13.5. The first-order valence-corrected chi connectivity index (χ1v) is 6.13. The van der Waals surface area contributed by atoms with Gasteiger partial charge in [-0.1, -0.05) is 0 Å². The zero-order valence-corrected chi connectivity index (χ0v) is 10.6. The van der Waals surface area contributed by atoms with Crippen LogP contribution in [-0.4, -0.2) is 41.2 Å². The summed E-state index contributed by atoms with van der Waals surface area (Å²) in [6.45, 7) is 0. The van der Waals surface area contributed by atoms with Gasteiger partial charge in [-0.25, -0.2) is 4.79 Å². The first-order chi connectivity index (χ1) is 9.10. The van der Waals surface area contributed by atoms with Gasteiger partial charge in [-0.2, -0.15) is 0 Å². The molecular weight excluding hydrogens is 248 g/mol. The molecule has 0 aliphatic heterocycles. The quantitative estimate of drug-likeness (QED) is 0.849. The van der Waals surface area contributed by atoms with Crippen LogP contribution < -0.4 is 5.32 Å². The van der Waals surface area contributed by atoms with Crippen molar-refractivity contribution in [1.82, 2.24) is 10.3 Å². The highest BCUT2D eigenvalue weighted by Gasteiger charge is 2.26. The molecule has 102 valence electrons. The minimum absolute atomic E-state index is 0.0665. The van der Waals surface area contributed by atoms with E-state index in [-0.39, 0.29) is 29.3 Å². The molecule has 2 N–H and O–H groups in total. The number of hydrogen-bond donors (Lipinski definition) is 2. The van der Waals surface area contributed by atoms with E-state index in [0.29, 0.717) is 0 Å². The lowest BCUT2D eigenvalue weighted by atomic mass is 10.2. The van der Waals surface area contributed by atoms with Crippen LogP contribution in [0.15, 0.2) is 18.3 Å². The van der Waals surface area contributed by atoms with Gasteiger partial charge >= 0.3 is 5.97 Å². The van der Waals surface area contributed by atoms with Gasteiger partial charge < -0.3 is 15.2 Å². The molecule has 0 spiro atoms. The molecule has 0 saturated heterocycles. The maximum absolute atomic E-state index is 11.9. The van der Waals surface area contributed by atoms with Gasteiger partial charge in [0.1, 0.15) is 5.69 Å². The molecule has 1 aromatic heterocycles. The van der Waals surface area contributed by atoms with Crippen LogP contribution in [0.4, 0.5) is 0 Å². The molecule has 0 bridgehead atoms. The second-order valence-electron chi connectivity index (χ2n) is 4.58. The predicted octanol–water partition coefficient (Wildman–Crippen LogP) is 1.08. The highest BCUT2D eigenvalue weighted by molar-refractivity contribution is 5.93. The third kappa shape index (κ3) is 3.29. The summed E-state index contributed by atoms with van der Waals surface area (Å²) < 4.78 is 5.24. The van der Waals surface area contributed by atoms with Crippen LogP contribution in [0.2, 0.25) is 0 Å². The van der Waals surface area contributed by atoms with Crippen LogP contribution in [0.25, 0.3) is 0 Å². The fourth-order valence-corrected chi connectivity index (χ4v) is 2.20. The van der Waals surface area contributed by atoms with Crippen molar-refractivity contribution in [3.63, 3.8) is 0 Å². The van der Waals surface area contributed by atoms with Crippen molar-refractivity contribution in [2.45, 2.75) is 31.4 Å². The first-order valence-electron chi connectivity index (χ1n) is 6.13. The lowest BCUT2D eigenvalue weighted by molar-refractivity contribution is 0.0695. The molecule has 2 rings (SSSR count). The van der Waals surface area contributed by atoms with E-state index in [4.69, 9.17) is 9.84 Å². The summed E-state index contributed by atoms with van der Waals surface area (Å²) in [6, 6.07) is 2.89. The van der Waals surface area contributed by atoms with Gasteiger partial charge in [0.05, 0.1) is 11.7 Å². The van der Waals surface area contributed by atoms with Crippen molar-refractivity contribution in [1.29, 1.82) is 0 Å². The number of amides is 1. The standard InChI is InChI=1S/C13H16N2O4/c1-19-10-4-3-9(6-10)15-12(16)11-5-2-8(7-14-11)13(17)18/h2,5,7,9-10H,3-4,6H2,1H3,(H,15,16)(H,17,18). The molecule has 6 heteroatoms. The number of carbonyl (C=O) groups is 2. The number of pyridine rings is 1. The SMILES string of the molecule is COC1CCC(NC(=O)c2ccc(C(=O)O)cn2)C1. The Hall–Kier alpha value is -1.95. The molecule has 0 aromatic carbocycles. The van der Waals surface area contributed by atoms with Crippen LogP contribution in [0.5, 0.6) is 0 Å². The van der Waals surface area contributed by atoms with Crippen LogP contribution >= 0.6 is 0 Å². The molecule has 1 fully saturated rings. The fraction of sp³-hybridized carbons (Fsp3) is 0.462. The van der Waals surface area contributed by atoms with Gasteiger partial charge in [0.25, 0.3) is 5.91 Å². The molecule has 1 heterocycles. The Labute approximate surface area is 110 Å². The minimum atomic E-state index is -1.06. The van der Waals surface area contributed by atoms with E-state index in [9.17, 15) is 9.59 Å². The molecule has 19 heavy (non-hydrogen) atoms. The second kappa shape index (κ2) is 5.79. The van der Waals surface area contributed by atoms with E-state index < -0.39 is 5.97 Å². The van der Waals surface area contributed by atoms with Crippen LogP contribution in [0.3, 0.4) is 0 Å². The summed E-state index contributed by atoms with van der Waals surface area (Å²) in [7, 11) is 1.67. The number of nitrogens with one attached hydrogen (secondary N) is 1. The van der Waals surface area contributed by atoms with Crippen molar-refractivity contribution < 1.29 is 19.4 Å². The number of carboxylic acid groups (broad SMARTS) is 1. The van der Waals surface area contributed by atoms with Crippen molar-refractivity contribution in [2.75, 3.05) is 7.11 Å². The molecule has 1 aliphatic rings. The summed E-state index contributed by atoms with van der Waals surface area (Å²) in [4.78, 5) is 26.4. The summed E-state index contributed by atoms with van der Waals surface area (Å²) >= 11 is 0. The van der Waals surface area contributed by atoms with E-state index in [1.807, 2.05) is 0 Å². The summed E-state index contributed by atoms with van der Waals surface area (Å²) in [5.41, 5.74) is 0.294. The topological polar surface area (TPSA) is 88.5 Å². The van der Waals surface area contributed by atoms with E-state index in [2.05, 4.69) is 10.3 Å². The zero-order valence-electron chi connectivity index (χ0n) is 10.6. The number of rotatable bonds is 4. The Balaban J connectivity index is 1.95. The molecule has 0 radical (unpaired) electrons. The average molecular weight is 264 g/mol. The second-order valence-corrected chi connectivity index (χ2v) is 4.58. The number of carboxylic acids is 1. The molecular formula is C13H16N2O4. The van der Waals surface area contributed by atoms with Gasteiger partial charge in [0.15, 0.2) is 0 Å². The van der Waals surface area contributed by atoms with Crippen molar-refractivity contribution in [3.05, 3.63) is 29.6 Å². The number of methoxy groups -OCH3 is 1. The van der Waals surface area contributed by atoms with Crippen LogP contribution in [0, 0.1) is 0 Å². The van der Waals surface area contributed by atoms with E-state index in [1.165, 1.54) is 18.3 Å². The number of nitrogens with zero attached hydrogens (tertiary/aromatic N) is 1. The lowest BCUT2D eigenvalue weighted by Gasteiger charge is -2.12. The van der Waals surface area contributed by atoms with Crippen LogP contribution in [0.1, 0.15) is 40.1 Å². The van der Waals surface area contributed by atoms with E-state index >= 15 is 0 Å². The number of hydrogen-bond acceptors (Lipinski definition) is 4. The Kier molecular flexibility index (Phi) is 4.11. The van der Waals surface area contributed by atoms with Crippen molar-refractivity contribution in [3.8, 4) is 0 Å². The number of carbonyl (C=O) groups excluding carboxylic acids is 1. The van der Waals surface area contributed by atoms with E-state index in [1.54, 1.807) is 7.11 Å². The third-order valence-electron chi connectivity index (χ3n) is 3.30. The fourth-order valence-electron chi connectivity index (χ4n) is 2.20. The Bertz CT molecular complexity index is 472. The van der Waals surface area contributed by atoms with Gasteiger partial charge in [0, 0.05) is 19.3 Å². The van der Waals surface area contributed by atoms with Gasteiger partial charge in [-0.15, -0.1) is 0 Å². The normalized spacial score (nSPS) is 22.2.